The first kappa shape index (κ1) is 21.0. The summed E-state index contributed by atoms with van der Waals surface area (Å²) < 4.78 is 10.6. The van der Waals surface area contributed by atoms with E-state index in [0.717, 1.165) is 12.0 Å². The summed E-state index contributed by atoms with van der Waals surface area (Å²) in [5.74, 6) is 0.868. The van der Waals surface area contributed by atoms with Crippen LogP contribution < -0.4 is 15.4 Å². The summed E-state index contributed by atoms with van der Waals surface area (Å²) in [6.45, 7) is 4.69. The molecule has 1 heterocycles. The zero-order valence-electron chi connectivity index (χ0n) is 17.0. The van der Waals surface area contributed by atoms with Gasteiger partial charge in [-0.15, -0.1) is 0 Å². The van der Waals surface area contributed by atoms with E-state index in [1.807, 2.05) is 13.0 Å². The van der Waals surface area contributed by atoms with Crippen molar-refractivity contribution in [3.63, 3.8) is 0 Å². The van der Waals surface area contributed by atoms with Gasteiger partial charge in [0.25, 0.3) is 11.8 Å². The minimum atomic E-state index is -0.282. The number of aryl methyl sites for hydroxylation is 1. The molecule has 0 unspecified atom stereocenters. The fourth-order valence-electron chi connectivity index (χ4n) is 2.76. The Kier molecular flexibility index (Phi) is 7.15. The van der Waals surface area contributed by atoms with E-state index in [9.17, 15) is 9.59 Å². The Hall–Kier alpha value is -3.68. The van der Waals surface area contributed by atoms with Gasteiger partial charge in [-0.2, -0.15) is 4.98 Å². The first-order valence-electron chi connectivity index (χ1n) is 9.73. The molecular weight excluding hydrogens is 384 g/mol. The molecule has 3 aromatic rings. The van der Waals surface area contributed by atoms with Crippen molar-refractivity contribution in [2.45, 2.75) is 33.4 Å². The highest BCUT2D eigenvalue weighted by molar-refractivity contribution is 5.97. The number of benzene rings is 2. The number of amides is 2. The zero-order valence-corrected chi connectivity index (χ0v) is 17.0. The molecule has 2 aromatic carbocycles. The molecule has 156 valence electrons. The van der Waals surface area contributed by atoms with Crippen LogP contribution in [-0.4, -0.2) is 28.5 Å². The van der Waals surface area contributed by atoms with Gasteiger partial charge < -0.3 is 19.9 Å². The van der Waals surface area contributed by atoms with Crippen LogP contribution in [0.4, 0.5) is 0 Å². The van der Waals surface area contributed by atoms with Crippen molar-refractivity contribution in [1.29, 1.82) is 0 Å². The third kappa shape index (κ3) is 5.66. The quantitative estimate of drug-likeness (QED) is 0.564. The molecule has 0 fully saturated rings. The summed E-state index contributed by atoms with van der Waals surface area (Å²) in [5, 5.41) is 9.49. The molecule has 0 spiro atoms. The molecule has 0 bridgehead atoms. The second-order valence-electron chi connectivity index (χ2n) is 6.65. The molecular formula is C22H24N4O4. The van der Waals surface area contributed by atoms with E-state index in [-0.39, 0.29) is 25.0 Å². The van der Waals surface area contributed by atoms with Gasteiger partial charge >= 0.3 is 0 Å². The highest BCUT2D eigenvalue weighted by Crippen LogP contribution is 2.19. The summed E-state index contributed by atoms with van der Waals surface area (Å²) >= 11 is 0. The number of carbonyl (C=O) groups is 2. The van der Waals surface area contributed by atoms with Gasteiger partial charge in [-0.05, 0) is 36.2 Å². The van der Waals surface area contributed by atoms with Crippen LogP contribution in [0.15, 0.2) is 53.1 Å². The molecule has 2 amide bonds. The lowest BCUT2D eigenvalue weighted by molar-refractivity contribution is 0.0943. The standard InChI is InChI=1S/C22H24N4O4/c1-3-11-23-21(27)17-8-6-7-16(12-17)13-24-22(28)18-9-4-5-10-19(18)29-14-20-25-15(2)30-26-20/h4-10,12H,3,11,13-14H2,1-2H3,(H,23,27)(H,24,28). The Morgan fingerprint density at radius 1 is 1.07 bits per heavy atom. The first-order chi connectivity index (χ1) is 14.6. The zero-order chi connectivity index (χ0) is 21.3. The minimum absolute atomic E-state index is 0.0938. The molecule has 0 radical (unpaired) electrons. The third-order valence-electron chi connectivity index (χ3n) is 4.24. The van der Waals surface area contributed by atoms with Crippen molar-refractivity contribution in [3.05, 3.63) is 76.9 Å². The van der Waals surface area contributed by atoms with E-state index in [1.54, 1.807) is 49.4 Å². The predicted molar refractivity (Wildman–Crippen MR) is 110 cm³/mol. The molecule has 0 saturated carbocycles. The summed E-state index contributed by atoms with van der Waals surface area (Å²) in [4.78, 5) is 28.9. The van der Waals surface area contributed by atoms with Crippen LogP contribution in [0.25, 0.3) is 0 Å². The van der Waals surface area contributed by atoms with Crippen LogP contribution in [-0.2, 0) is 13.2 Å². The Balaban J connectivity index is 1.62. The maximum atomic E-state index is 12.7. The molecule has 0 aliphatic rings. The van der Waals surface area contributed by atoms with Crippen LogP contribution in [0.2, 0.25) is 0 Å². The van der Waals surface area contributed by atoms with Crippen LogP contribution in [0.3, 0.4) is 0 Å². The number of carbonyl (C=O) groups excluding carboxylic acids is 2. The van der Waals surface area contributed by atoms with Crippen LogP contribution in [0.1, 0.15) is 51.3 Å². The van der Waals surface area contributed by atoms with Gasteiger partial charge in [0.1, 0.15) is 5.75 Å². The van der Waals surface area contributed by atoms with E-state index >= 15 is 0 Å². The molecule has 0 aliphatic carbocycles. The second kappa shape index (κ2) is 10.2. The lowest BCUT2D eigenvalue weighted by Gasteiger charge is -2.11. The monoisotopic (exact) mass is 408 g/mol. The lowest BCUT2D eigenvalue weighted by Crippen LogP contribution is -2.25. The van der Waals surface area contributed by atoms with E-state index in [2.05, 4.69) is 20.8 Å². The largest absolute Gasteiger partial charge is 0.485 e. The van der Waals surface area contributed by atoms with Crippen molar-refractivity contribution >= 4 is 11.8 Å². The first-order valence-corrected chi connectivity index (χ1v) is 9.73. The summed E-state index contributed by atoms with van der Waals surface area (Å²) in [5.41, 5.74) is 1.79. The molecule has 3 rings (SSSR count). The fraction of sp³-hybridized carbons (Fsp3) is 0.273. The number of aromatic nitrogens is 2. The van der Waals surface area contributed by atoms with Crippen molar-refractivity contribution in [2.75, 3.05) is 6.54 Å². The Labute approximate surface area is 174 Å². The predicted octanol–water partition coefficient (Wildman–Crippen LogP) is 3.03. The average molecular weight is 408 g/mol. The van der Waals surface area contributed by atoms with Crippen molar-refractivity contribution < 1.29 is 18.8 Å². The highest BCUT2D eigenvalue weighted by Gasteiger charge is 2.14. The van der Waals surface area contributed by atoms with Crippen molar-refractivity contribution in [3.8, 4) is 5.75 Å². The summed E-state index contributed by atoms with van der Waals surface area (Å²) in [6.07, 6.45) is 0.870. The van der Waals surface area contributed by atoms with E-state index in [4.69, 9.17) is 9.26 Å². The molecule has 2 N–H and O–H groups in total. The van der Waals surface area contributed by atoms with Gasteiger partial charge in [0, 0.05) is 25.6 Å². The van der Waals surface area contributed by atoms with Crippen molar-refractivity contribution in [2.24, 2.45) is 0 Å². The van der Waals surface area contributed by atoms with Gasteiger partial charge in [0.15, 0.2) is 6.61 Å². The second-order valence-corrected chi connectivity index (χ2v) is 6.65. The molecule has 30 heavy (non-hydrogen) atoms. The van der Waals surface area contributed by atoms with Gasteiger partial charge in [-0.25, -0.2) is 0 Å². The summed E-state index contributed by atoms with van der Waals surface area (Å²) in [7, 11) is 0. The number of rotatable bonds is 9. The number of para-hydroxylation sites is 1. The number of ether oxygens (including phenoxy) is 1. The molecule has 8 nitrogen and oxygen atoms in total. The molecule has 1 aromatic heterocycles. The van der Waals surface area contributed by atoms with E-state index < -0.39 is 0 Å². The number of hydrogen-bond donors (Lipinski definition) is 2. The summed E-state index contributed by atoms with van der Waals surface area (Å²) in [6, 6.07) is 14.1. The maximum absolute atomic E-state index is 12.7. The van der Waals surface area contributed by atoms with Gasteiger partial charge in [0.2, 0.25) is 11.7 Å². The molecule has 8 heteroatoms. The van der Waals surface area contributed by atoms with Gasteiger partial charge in [-0.1, -0.05) is 36.3 Å². The van der Waals surface area contributed by atoms with Crippen molar-refractivity contribution in [1.82, 2.24) is 20.8 Å². The van der Waals surface area contributed by atoms with Crippen LogP contribution >= 0.6 is 0 Å². The smallest absolute Gasteiger partial charge is 0.255 e. The fourth-order valence-corrected chi connectivity index (χ4v) is 2.76. The normalized spacial score (nSPS) is 10.5. The van der Waals surface area contributed by atoms with Crippen LogP contribution in [0, 0.1) is 6.92 Å². The number of nitrogens with zero attached hydrogens (tertiary/aromatic N) is 2. The Bertz CT molecular complexity index is 1020. The number of hydrogen-bond acceptors (Lipinski definition) is 6. The Morgan fingerprint density at radius 3 is 2.67 bits per heavy atom. The Morgan fingerprint density at radius 2 is 1.90 bits per heavy atom. The van der Waals surface area contributed by atoms with Gasteiger partial charge in [-0.3, -0.25) is 9.59 Å². The number of nitrogens with one attached hydrogen (secondary N) is 2. The van der Waals surface area contributed by atoms with Gasteiger partial charge in [0.05, 0.1) is 5.56 Å². The minimum Gasteiger partial charge on any atom is -0.485 e. The average Bonchev–Trinajstić information content (AvgIpc) is 3.19. The SMILES string of the molecule is CCCNC(=O)c1cccc(CNC(=O)c2ccccc2OCc2noc(C)n2)c1. The molecule has 0 saturated heterocycles. The van der Waals surface area contributed by atoms with E-state index in [0.29, 0.717) is 35.1 Å². The molecule has 0 atom stereocenters. The van der Waals surface area contributed by atoms with E-state index in [1.165, 1.54) is 0 Å². The highest BCUT2D eigenvalue weighted by atomic mass is 16.5. The maximum Gasteiger partial charge on any atom is 0.255 e. The van der Waals surface area contributed by atoms with Crippen LogP contribution in [0.5, 0.6) is 5.75 Å². The molecule has 0 aliphatic heterocycles. The topological polar surface area (TPSA) is 106 Å². The lowest BCUT2D eigenvalue weighted by atomic mass is 10.1. The third-order valence-corrected chi connectivity index (χ3v) is 4.24.